The molecule has 30 heavy (non-hydrogen) atoms. The molecule has 0 bridgehead atoms. The molecule has 0 amide bonds. The van der Waals surface area contributed by atoms with Gasteiger partial charge in [-0.1, -0.05) is 23.7 Å². The molecule has 0 radical (unpaired) electrons. The molecule has 7 nitrogen and oxygen atoms in total. The van der Waals surface area contributed by atoms with E-state index < -0.39 is 0 Å². The van der Waals surface area contributed by atoms with E-state index in [1.165, 1.54) is 21.3 Å². The van der Waals surface area contributed by atoms with E-state index in [-0.39, 0.29) is 43.2 Å². The van der Waals surface area contributed by atoms with Crippen LogP contribution in [0, 0.1) is 0 Å². The molecule has 0 aromatic heterocycles. The third kappa shape index (κ3) is 6.74. The van der Waals surface area contributed by atoms with Gasteiger partial charge in [0.1, 0.15) is 22.8 Å². The Morgan fingerprint density at radius 2 is 1.37 bits per heavy atom. The van der Waals surface area contributed by atoms with Crippen LogP contribution >= 0.6 is 11.6 Å². The second-order valence-corrected chi connectivity index (χ2v) is 6.59. The number of Topliss-reactive ketones (excluding diaryl/α,β-unsaturated/α-hetero) is 1. The summed E-state index contributed by atoms with van der Waals surface area (Å²) in [6, 6.07) is 10.3. The van der Waals surface area contributed by atoms with Crippen molar-refractivity contribution in [3.8, 4) is 17.2 Å². The van der Waals surface area contributed by atoms with E-state index in [0.29, 0.717) is 16.3 Å². The molecule has 0 saturated carbocycles. The lowest BCUT2D eigenvalue weighted by atomic mass is 10.00. The van der Waals surface area contributed by atoms with Crippen LogP contribution in [0.5, 0.6) is 17.2 Å². The monoisotopic (exact) mass is 436 g/mol. The lowest BCUT2D eigenvalue weighted by molar-refractivity contribution is 0.0400. The van der Waals surface area contributed by atoms with Gasteiger partial charge < -0.3 is 28.4 Å². The van der Waals surface area contributed by atoms with Gasteiger partial charge in [-0.15, -0.1) is 0 Å². The van der Waals surface area contributed by atoms with E-state index in [1.54, 1.807) is 37.3 Å². The molecule has 8 heteroatoms. The molecule has 0 saturated heterocycles. The highest BCUT2D eigenvalue weighted by atomic mass is 35.5. The first-order valence-corrected chi connectivity index (χ1v) is 9.39. The fourth-order valence-electron chi connectivity index (χ4n) is 2.54. The summed E-state index contributed by atoms with van der Waals surface area (Å²) >= 11 is 5.93. The Balaban J connectivity index is 2.48. The van der Waals surface area contributed by atoms with Crippen LogP contribution in [0.15, 0.2) is 42.0 Å². The third-order valence-electron chi connectivity index (χ3n) is 3.89. The van der Waals surface area contributed by atoms with E-state index in [9.17, 15) is 4.79 Å². The van der Waals surface area contributed by atoms with Gasteiger partial charge in [-0.2, -0.15) is 0 Å². The van der Waals surface area contributed by atoms with Crippen LogP contribution in [0.1, 0.15) is 22.8 Å². The lowest BCUT2D eigenvalue weighted by Gasteiger charge is -2.17. The number of carbonyl (C=O) groups excluding carboxylic acids is 1. The zero-order valence-corrected chi connectivity index (χ0v) is 18.2. The summed E-state index contributed by atoms with van der Waals surface area (Å²) in [5.74, 6) is 0.640. The van der Waals surface area contributed by atoms with E-state index in [2.05, 4.69) is 0 Å². The molecule has 162 valence electrons. The maximum atomic E-state index is 13.3. The Bertz CT molecular complexity index is 833. The quantitative estimate of drug-likeness (QED) is 0.274. The highest BCUT2D eigenvalue weighted by Gasteiger charge is 2.23. The van der Waals surface area contributed by atoms with Crippen LogP contribution in [-0.4, -0.2) is 47.5 Å². The second kappa shape index (κ2) is 12.2. The lowest BCUT2D eigenvalue weighted by Crippen LogP contribution is -2.12. The van der Waals surface area contributed by atoms with Crippen molar-refractivity contribution < 1.29 is 33.2 Å². The first-order chi connectivity index (χ1) is 14.5. The van der Waals surface area contributed by atoms with Crippen molar-refractivity contribution >= 4 is 23.5 Å². The number of ether oxygens (including phenoxy) is 6. The highest BCUT2D eigenvalue weighted by Crippen LogP contribution is 2.36. The van der Waals surface area contributed by atoms with Gasteiger partial charge in [0, 0.05) is 38.5 Å². The number of ketones is 1. The van der Waals surface area contributed by atoms with Crippen molar-refractivity contribution in [3.63, 3.8) is 0 Å². The molecular weight excluding hydrogens is 412 g/mol. The standard InChI is InChI=1S/C22H25ClO7/c1-15(9-16-5-7-17(23)8-6-16)22(24)21-19(29-13-26-3)10-18(28-12-25-2)11-20(21)30-14-27-4/h5-11H,12-14H2,1-4H3/b15-9+. The minimum absolute atomic E-state index is 0.0240. The molecule has 2 rings (SSSR count). The van der Waals surface area contributed by atoms with Gasteiger partial charge in [0.2, 0.25) is 0 Å². The van der Waals surface area contributed by atoms with Crippen LogP contribution in [-0.2, 0) is 14.2 Å². The Labute approximate surface area is 181 Å². The molecule has 0 spiro atoms. The highest BCUT2D eigenvalue weighted by molar-refractivity contribution is 6.30. The predicted molar refractivity (Wildman–Crippen MR) is 113 cm³/mol. The van der Waals surface area contributed by atoms with Crippen LogP contribution in [0.3, 0.4) is 0 Å². The molecule has 0 N–H and O–H groups in total. The number of methoxy groups -OCH3 is 3. The summed E-state index contributed by atoms with van der Waals surface area (Å²) in [5.41, 5.74) is 1.55. The summed E-state index contributed by atoms with van der Waals surface area (Å²) in [4.78, 5) is 13.3. The van der Waals surface area contributed by atoms with E-state index in [0.717, 1.165) is 5.56 Å². The summed E-state index contributed by atoms with van der Waals surface area (Å²) in [6.45, 7) is 1.62. The minimum atomic E-state index is -0.277. The number of hydrogen-bond donors (Lipinski definition) is 0. The third-order valence-corrected chi connectivity index (χ3v) is 4.14. The van der Waals surface area contributed by atoms with Crippen molar-refractivity contribution in [2.75, 3.05) is 41.7 Å². The zero-order valence-electron chi connectivity index (χ0n) is 17.4. The van der Waals surface area contributed by atoms with Crippen molar-refractivity contribution in [2.24, 2.45) is 0 Å². The van der Waals surface area contributed by atoms with Crippen LogP contribution in [0.2, 0.25) is 5.02 Å². The van der Waals surface area contributed by atoms with Crippen molar-refractivity contribution in [3.05, 3.63) is 58.1 Å². The first-order valence-electron chi connectivity index (χ1n) is 9.02. The maximum absolute atomic E-state index is 13.3. The van der Waals surface area contributed by atoms with E-state index in [4.69, 9.17) is 40.0 Å². The van der Waals surface area contributed by atoms with Gasteiger partial charge in [-0.05, 0) is 36.3 Å². The number of halogens is 1. The average Bonchev–Trinajstić information content (AvgIpc) is 2.75. The second-order valence-electron chi connectivity index (χ2n) is 6.16. The van der Waals surface area contributed by atoms with Gasteiger partial charge >= 0.3 is 0 Å². The number of allylic oxidation sites excluding steroid dienone is 1. The van der Waals surface area contributed by atoms with Crippen LogP contribution in [0.4, 0.5) is 0 Å². The normalized spacial score (nSPS) is 11.3. The fourth-order valence-corrected chi connectivity index (χ4v) is 2.67. The zero-order chi connectivity index (χ0) is 21.9. The number of hydrogen-bond acceptors (Lipinski definition) is 7. The smallest absolute Gasteiger partial charge is 0.196 e. The molecule has 0 atom stereocenters. The number of rotatable bonds is 12. The molecule has 2 aromatic carbocycles. The van der Waals surface area contributed by atoms with Crippen molar-refractivity contribution in [2.45, 2.75) is 6.92 Å². The Morgan fingerprint density at radius 1 is 0.867 bits per heavy atom. The Morgan fingerprint density at radius 3 is 1.87 bits per heavy atom. The Hall–Kier alpha value is -2.58. The molecular formula is C22H25ClO7. The summed E-state index contributed by atoms with van der Waals surface area (Å²) in [6.07, 6.45) is 1.76. The molecule has 2 aromatic rings. The summed E-state index contributed by atoms with van der Waals surface area (Å²) in [7, 11) is 4.48. The first kappa shape index (κ1) is 23.7. The molecule has 0 heterocycles. The van der Waals surface area contributed by atoms with E-state index in [1.807, 2.05) is 12.1 Å². The van der Waals surface area contributed by atoms with E-state index >= 15 is 0 Å². The molecule has 0 aliphatic rings. The fraction of sp³-hybridized carbons (Fsp3) is 0.318. The number of carbonyl (C=O) groups is 1. The molecule has 0 fully saturated rings. The van der Waals surface area contributed by atoms with Gasteiger partial charge in [-0.25, -0.2) is 0 Å². The molecule has 0 aliphatic carbocycles. The molecule has 0 aliphatic heterocycles. The molecule has 0 unspecified atom stereocenters. The summed E-state index contributed by atoms with van der Waals surface area (Å²) in [5, 5.41) is 0.619. The Kier molecular flexibility index (Phi) is 9.63. The van der Waals surface area contributed by atoms with Crippen LogP contribution in [0.25, 0.3) is 6.08 Å². The topological polar surface area (TPSA) is 72.5 Å². The SMILES string of the molecule is COCOc1cc(OCOC)c(C(=O)/C(C)=C/c2ccc(Cl)cc2)c(OCOC)c1. The van der Waals surface area contributed by atoms with Crippen LogP contribution < -0.4 is 14.2 Å². The van der Waals surface area contributed by atoms with Crippen molar-refractivity contribution in [1.29, 1.82) is 0 Å². The van der Waals surface area contributed by atoms with Crippen molar-refractivity contribution in [1.82, 2.24) is 0 Å². The summed E-state index contributed by atoms with van der Waals surface area (Å²) < 4.78 is 31.7. The largest absolute Gasteiger partial charge is 0.467 e. The van der Waals surface area contributed by atoms with Gasteiger partial charge in [-0.3, -0.25) is 4.79 Å². The minimum Gasteiger partial charge on any atom is -0.467 e. The number of benzene rings is 2. The van der Waals surface area contributed by atoms with Gasteiger partial charge in [0.25, 0.3) is 0 Å². The van der Waals surface area contributed by atoms with Gasteiger partial charge in [0.15, 0.2) is 26.2 Å². The maximum Gasteiger partial charge on any atom is 0.196 e. The predicted octanol–water partition coefficient (Wildman–Crippen LogP) is 4.57. The van der Waals surface area contributed by atoms with Gasteiger partial charge in [0.05, 0.1) is 0 Å². The average molecular weight is 437 g/mol.